The number of thiophene rings is 2. The molecule has 14 aromatic rings. The van der Waals surface area contributed by atoms with Crippen LogP contribution in [0.4, 0.5) is 0 Å². The molecule has 4 aromatic heterocycles. The molecule has 10 aromatic carbocycles. The zero-order chi connectivity index (χ0) is 44.5. The maximum absolute atomic E-state index is 7.38. The zero-order valence-corrected chi connectivity index (χ0v) is 38.2. The second-order valence-electron chi connectivity index (χ2n) is 18.1. The first kappa shape index (κ1) is 38.1. The van der Waals surface area contributed by atoms with E-state index < -0.39 is 0 Å². The number of rotatable bonds is 4. The first-order valence-corrected chi connectivity index (χ1v) is 24.9. The number of hydrogen-bond donors (Lipinski definition) is 0. The van der Waals surface area contributed by atoms with Gasteiger partial charge in [-0.2, -0.15) is 0 Å². The highest BCUT2D eigenvalue weighted by molar-refractivity contribution is 7.26. The maximum atomic E-state index is 7.38. The Kier molecular flexibility index (Phi) is 8.26. The summed E-state index contributed by atoms with van der Waals surface area (Å²) in [6.45, 7) is 0. The Morgan fingerprint density at radius 3 is 1.62 bits per heavy atom. The number of nitrogens with zero attached hydrogens (tertiary/aromatic N) is 3. The number of hydrogen-bond acceptors (Lipinski definition) is 6. The molecule has 0 saturated carbocycles. The van der Waals surface area contributed by atoms with Gasteiger partial charge in [-0.25, -0.2) is 15.0 Å². The minimum Gasteiger partial charge on any atom is -0.455 e. The Morgan fingerprint density at radius 1 is 0.382 bits per heavy atom. The van der Waals surface area contributed by atoms with Crippen LogP contribution >= 0.6 is 22.7 Å². The van der Waals surface area contributed by atoms with Crippen LogP contribution < -0.4 is 0 Å². The van der Waals surface area contributed by atoms with Crippen molar-refractivity contribution in [3.8, 4) is 45.3 Å². The van der Waals surface area contributed by atoms with Crippen molar-refractivity contribution in [2.75, 3.05) is 0 Å². The van der Waals surface area contributed by atoms with Crippen molar-refractivity contribution in [3.63, 3.8) is 0 Å². The predicted octanol–water partition coefficient (Wildman–Crippen LogP) is 17.6. The van der Waals surface area contributed by atoms with Crippen LogP contribution in [0.5, 0.6) is 0 Å². The zero-order valence-electron chi connectivity index (χ0n) is 36.5. The van der Waals surface area contributed by atoms with Gasteiger partial charge in [0, 0.05) is 84.7 Å². The van der Waals surface area contributed by atoms with Crippen molar-refractivity contribution in [1.82, 2.24) is 15.0 Å². The predicted molar refractivity (Wildman–Crippen MR) is 286 cm³/mol. The molecule has 1 atom stereocenters. The lowest BCUT2D eigenvalue weighted by atomic mass is 9.81. The van der Waals surface area contributed by atoms with Crippen LogP contribution in [0.1, 0.15) is 29.0 Å². The summed E-state index contributed by atoms with van der Waals surface area (Å²) in [6.07, 6.45) is 1.77. The fraction of sp³-hybridized carbons (Fsp3) is 0.0484. The van der Waals surface area contributed by atoms with Gasteiger partial charge in [0.2, 0.25) is 0 Å². The second kappa shape index (κ2) is 14.7. The molecule has 1 unspecified atom stereocenters. The topological polar surface area (TPSA) is 51.8 Å². The molecule has 0 amide bonds. The minimum atomic E-state index is -0.0651. The van der Waals surface area contributed by atoms with Gasteiger partial charge in [0.25, 0.3) is 0 Å². The van der Waals surface area contributed by atoms with E-state index in [1.54, 1.807) is 0 Å². The Bertz CT molecular complexity index is 4290. The van der Waals surface area contributed by atoms with Crippen LogP contribution in [0.25, 0.3) is 129 Å². The average Bonchev–Trinajstić information content (AvgIpc) is 4.07. The highest BCUT2D eigenvalue weighted by Crippen LogP contribution is 2.50. The van der Waals surface area contributed by atoms with Crippen molar-refractivity contribution in [2.45, 2.75) is 18.8 Å². The molecule has 15 rings (SSSR count). The number of fused-ring (bicyclic) bond motifs is 15. The maximum Gasteiger partial charge on any atom is 0.164 e. The average molecular weight is 904 g/mol. The van der Waals surface area contributed by atoms with Crippen LogP contribution in [0, 0.1) is 0 Å². The summed E-state index contributed by atoms with van der Waals surface area (Å²) in [5.41, 5.74) is 11.0. The van der Waals surface area contributed by atoms with Gasteiger partial charge in [-0.1, -0.05) is 140 Å². The largest absolute Gasteiger partial charge is 0.455 e. The van der Waals surface area contributed by atoms with Crippen molar-refractivity contribution in [1.29, 1.82) is 0 Å². The summed E-state index contributed by atoms with van der Waals surface area (Å²) in [5, 5.41) is 11.6. The standard InChI is InChI=1S/C62H37N3OS2/c1-2-16-38-34-50-41(29-27-35-13-3-5-17-39(35)49(50)33-37(38)15-1)57-48(32-31-43-42-30-28-36-14-4-6-18-40(36)58(42)66-59(43)57)62-64-60(46-21-11-25-53-55(46)44-19-7-9-23-51(44)67-53)63-61(65-62)47-22-12-26-54-56(47)45-20-8-10-24-52(45)68-54/h1-26,28,30-34,41H,27,29H2. The van der Waals surface area contributed by atoms with Gasteiger partial charge >= 0.3 is 0 Å². The molecular formula is C62H37N3OS2. The summed E-state index contributed by atoms with van der Waals surface area (Å²) in [4.78, 5) is 16.8. The van der Waals surface area contributed by atoms with Crippen molar-refractivity contribution >= 4 is 107 Å². The number of aryl methyl sites for hydroxylation is 1. The second-order valence-corrected chi connectivity index (χ2v) is 20.2. The molecular weight excluding hydrogens is 867 g/mol. The fourth-order valence-corrected chi connectivity index (χ4v) is 13.6. The summed E-state index contributed by atoms with van der Waals surface area (Å²) in [5.74, 6) is 1.86. The van der Waals surface area contributed by atoms with Crippen LogP contribution in [0.2, 0.25) is 0 Å². The highest BCUT2D eigenvalue weighted by atomic mass is 32.1. The fourth-order valence-electron chi connectivity index (χ4n) is 11.3. The molecule has 1 aliphatic carbocycles. The molecule has 0 saturated heterocycles. The molecule has 0 N–H and O–H groups in total. The summed E-state index contributed by atoms with van der Waals surface area (Å²) >= 11 is 3.62. The van der Waals surface area contributed by atoms with E-state index in [4.69, 9.17) is 19.4 Å². The third-order valence-electron chi connectivity index (χ3n) is 14.4. The Balaban J connectivity index is 1.07. The van der Waals surface area contributed by atoms with Gasteiger partial charge in [-0.3, -0.25) is 0 Å². The lowest BCUT2D eigenvalue weighted by molar-refractivity contribution is 0.650. The van der Waals surface area contributed by atoms with Gasteiger partial charge in [-0.05, 0) is 106 Å². The van der Waals surface area contributed by atoms with Crippen molar-refractivity contribution < 1.29 is 4.42 Å². The van der Waals surface area contributed by atoms with E-state index in [-0.39, 0.29) is 5.92 Å². The van der Waals surface area contributed by atoms with Crippen molar-refractivity contribution in [2.24, 2.45) is 0 Å². The molecule has 0 spiro atoms. The normalized spacial score (nSPS) is 13.9. The number of aromatic nitrogens is 3. The summed E-state index contributed by atoms with van der Waals surface area (Å²) in [7, 11) is 0. The number of benzene rings is 10. The molecule has 4 nitrogen and oxygen atoms in total. The first-order valence-electron chi connectivity index (χ1n) is 23.3. The van der Waals surface area contributed by atoms with Gasteiger partial charge in [0.1, 0.15) is 11.2 Å². The smallest absolute Gasteiger partial charge is 0.164 e. The van der Waals surface area contributed by atoms with E-state index in [2.05, 4.69) is 194 Å². The van der Waals surface area contributed by atoms with E-state index in [1.165, 1.54) is 62.6 Å². The lowest BCUT2D eigenvalue weighted by Crippen LogP contribution is -2.08. The van der Waals surface area contributed by atoms with Gasteiger partial charge in [0.15, 0.2) is 17.5 Å². The third-order valence-corrected chi connectivity index (χ3v) is 16.7. The molecule has 0 radical (unpaired) electrons. The molecule has 318 valence electrons. The van der Waals surface area contributed by atoms with Crippen LogP contribution in [0.15, 0.2) is 199 Å². The first-order chi connectivity index (χ1) is 33.7. The lowest BCUT2D eigenvalue weighted by Gasteiger charge is -2.23. The molecule has 1 aliphatic rings. The Labute approximate surface area is 398 Å². The Morgan fingerprint density at radius 2 is 0.912 bits per heavy atom. The monoisotopic (exact) mass is 903 g/mol. The minimum absolute atomic E-state index is 0.0651. The number of furan rings is 1. The summed E-state index contributed by atoms with van der Waals surface area (Å²) in [6, 6.07) is 70.5. The Hall–Kier alpha value is -8.03. The van der Waals surface area contributed by atoms with Gasteiger partial charge in [0.05, 0.1) is 0 Å². The summed E-state index contributed by atoms with van der Waals surface area (Å²) < 4.78 is 12.3. The molecule has 6 heteroatoms. The van der Waals surface area contributed by atoms with E-state index in [9.17, 15) is 0 Å². The van der Waals surface area contributed by atoms with Gasteiger partial charge in [-0.15, -0.1) is 22.7 Å². The van der Waals surface area contributed by atoms with E-state index >= 15 is 0 Å². The SMILES string of the molecule is c1ccc2c(c1)CCC(c1c(-c3nc(-c4cccc5sc6ccccc6c45)nc(-c4cccc5sc6ccccc6c45)n3)ccc3c1oc1c4ccccc4ccc31)c1cc3ccccc3cc1-2. The molecule has 0 aliphatic heterocycles. The molecule has 68 heavy (non-hydrogen) atoms. The van der Waals surface area contributed by atoms with Gasteiger partial charge < -0.3 is 4.42 Å². The van der Waals surface area contributed by atoms with Crippen molar-refractivity contribution in [3.05, 3.63) is 211 Å². The van der Waals surface area contributed by atoms with Crippen LogP contribution in [-0.4, -0.2) is 15.0 Å². The highest BCUT2D eigenvalue weighted by Gasteiger charge is 2.32. The van der Waals surface area contributed by atoms with E-state index in [1.807, 2.05) is 22.7 Å². The van der Waals surface area contributed by atoms with Crippen LogP contribution in [-0.2, 0) is 6.42 Å². The quantitative estimate of drug-likeness (QED) is 0.177. The third kappa shape index (κ3) is 5.68. The molecule has 0 bridgehead atoms. The van der Waals surface area contributed by atoms with Crippen LogP contribution in [0.3, 0.4) is 0 Å². The van der Waals surface area contributed by atoms with E-state index in [0.717, 1.165) is 78.6 Å². The molecule has 0 fully saturated rings. The van der Waals surface area contributed by atoms with E-state index in [0.29, 0.717) is 17.5 Å². The molecule has 4 heterocycles.